The molecular weight excluding hydrogens is 313 g/mol. The van der Waals surface area contributed by atoms with Crippen LogP contribution < -0.4 is 0 Å². The molecule has 1 radical (unpaired) electrons. The third-order valence-electron chi connectivity index (χ3n) is 0. The zero-order valence-electron chi connectivity index (χ0n) is 1.97. The summed E-state index contributed by atoms with van der Waals surface area (Å²) in [6.07, 6.45) is 0. The summed E-state index contributed by atoms with van der Waals surface area (Å²) < 4.78 is 0. The van der Waals surface area contributed by atoms with Crippen molar-refractivity contribution in [2.45, 2.75) is 0 Å². The van der Waals surface area contributed by atoms with Crippen molar-refractivity contribution in [3.8, 4) is 0 Å². The molecule has 5 heavy (non-hydrogen) atoms. The van der Waals surface area contributed by atoms with Crippen molar-refractivity contribution in [1.82, 2.24) is 0 Å². The molecule has 0 saturated carbocycles. The molecule has 0 aliphatic rings. The average molecular weight is 313 g/mol. The van der Waals surface area contributed by atoms with E-state index in [0.717, 1.165) is 0 Å². The zero-order valence-corrected chi connectivity index (χ0v) is 8.84. The summed E-state index contributed by atoms with van der Waals surface area (Å²) in [7, 11) is 0. The second kappa shape index (κ2) is 28.4. The van der Waals surface area contributed by atoms with Gasteiger partial charge in [0, 0.05) is 93.4 Å². The molecule has 0 fully saturated rings. The maximum absolute atomic E-state index is 0. The van der Waals surface area contributed by atoms with E-state index in [2.05, 4.69) is 0 Å². The second-order valence-electron chi connectivity index (χ2n) is 0. The van der Waals surface area contributed by atoms with Crippen LogP contribution in [0.4, 0.5) is 0 Å². The van der Waals surface area contributed by atoms with E-state index in [-0.39, 0.29) is 93.4 Å². The number of hydrogen-bond donors (Lipinski definition) is 0. The van der Waals surface area contributed by atoms with Crippen LogP contribution in [0.5, 0.6) is 0 Å². The maximum Gasteiger partial charge on any atom is 0 e. The zero-order chi connectivity index (χ0) is 0. The van der Waals surface area contributed by atoms with Gasteiger partial charge in [-0.3, -0.25) is 0 Å². The first-order valence-corrected chi connectivity index (χ1v) is 0. The fourth-order valence-electron chi connectivity index (χ4n) is 0. The fourth-order valence-corrected chi connectivity index (χ4v) is 0. The van der Waals surface area contributed by atoms with Gasteiger partial charge in [0.25, 0.3) is 0 Å². The standard InChI is InChI=1S/Co.Cr.Mo.Ni.Ti. The van der Waals surface area contributed by atoms with E-state index in [0.29, 0.717) is 0 Å². The average Bonchev–Trinajstić information content (AvgIpc) is 0. The van der Waals surface area contributed by atoms with E-state index in [1.165, 1.54) is 0 Å². The minimum atomic E-state index is 0. The van der Waals surface area contributed by atoms with Crippen molar-refractivity contribution >= 4 is 0 Å². The third-order valence-corrected chi connectivity index (χ3v) is 0. The van der Waals surface area contributed by atoms with Gasteiger partial charge in [-0.05, 0) is 0 Å². The molecule has 0 N–H and O–H groups in total. The van der Waals surface area contributed by atoms with E-state index >= 15 is 0 Å². The quantitative estimate of drug-likeness (QED) is 0.552. The van der Waals surface area contributed by atoms with Gasteiger partial charge in [0.2, 0.25) is 0 Å². The second-order valence-corrected chi connectivity index (χ2v) is 0. The van der Waals surface area contributed by atoms with Gasteiger partial charge in [-0.15, -0.1) is 0 Å². The van der Waals surface area contributed by atoms with Crippen LogP contribution in [-0.4, -0.2) is 0 Å². The maximum atomic E-state index is 0. The molecule has 0 bridgehead atoms. The first-order valence-electron chi connectivity index (χ1n) is 0. The van der Waals surface area contributed by atoms with Crippen molar-refractivity contribution in [2.24, 2.45) is 0 Å². The Hall–Kier alpha value is 2.94. The molecule has 0 aromatic carbocycles. The molecule has 0 aliphatic heterocycles. The number of hydrogen-bond acceptors (Lipinski definition) is 0. The van der Waals surface area contributed by atoms with Gasteiger partial charge in [0.15, 0.2) is 0 Å². The van der Waals surface area contributed by atoms with Crippen LogP contribution in [-0.2, 0) is 93.4 Å². The van der Waals surface area contributed by atoms with Crippen molar-refractivity contribution in [3.63, 3.8) is 0 Å². The molecule has 0 heterocycles. The van der Waals surface area contributed by atoms with Crippen molar-refractivity contribution in [3.05, 3.63) is 0 Å². The topological polar surface area (TPSA) is 0 Å². The minimum Gasteiger partial charge on any atom is 0 e. The molecule has 35 valence electrons. The molecule has 0 nitrogen and oxygen atoms in total. The van der Waals surface area contributed by atoms with Gasteiger partial charge >= 0.3 is 0 Å². The van der Waals surface area contributed by atoms with Crippen molar-refractivity contribution in [2.75, 3.05) is 0 Å². The Morgan fingerprint density at radius 1 is 1.00 bits per heavy atom. The summed E-state index contributed by atoms with van der Waals surface area (Å²) in [6, 6.07) is 0. The molecule has 5 heteroatoms. The Labute approximate surface area is 92.0 Å². The van der Waals surface area contributed by atoms with E-state index in [4.69, 9.17) is 0 Å². The smallest absolute Gasteiger partial charge is 0 e. The SMILES string of the molecule is [Co].[Cr].[Mo].[Ni].[Ti]. The molecular formula is CoCrMoNiTi. The predicted octanol–water partition coefficient (Wildman–Crippen LogP) is -0.0125. The molecule has 0 aromatic heterocycles. The molecule has 0 spiro atoms. The normalized spacial score (nSPS) is 0. The third kappa shape index (κ3) is 19.6. The molecule has 0 atom stereocenters. The molecule has 0 unspecified atom stereocenters. The molecule has 0 rings (SSSR count). The van der Waals surface area contributed by atoms with Gasteiger partial charge < -0.3 is 0 Å². The van der Waals surface area contributed by atoms with Crippen LogP contribution in [0, 0.1) is 0 Å². The summed E-state index contributed by atoms with van der Waals surface area (Å²) in [5.74, 6) is 0. The Bertz CT molecular complexity index is 11.6. The van der Waals surface area contributed by atoms with Crippen LogP contribution in [0.3, 0.4) is 0 Å². The first kappa shape index (κ1) is 44.3. The van der Waals surface area contributed by atoms with Crippen molar-refractivity contribution < 1.29 is 93.4 Å². The summed E-state index contributed by atoms with van der Waals surface area (Å²) >= 11 is 0. The van der Waals surface area contributed by atoms with E-state index in [1.54, 1.807) is 0 Å². The summed E-state index contributed by atoms with van der Waals surface area (Å²) in [6.45, 7) is 0. The van der Waals surface area contributed by atoms with Crippen molar-refractivity contribution in [1.29, 1.82) is 0 Å². The Morgan fingerprint density at radius 2 is 1.00 bits per heavy atom. The molecule has 0 aromatic rings. The van der Waals surface area contributed by atoms with Gasteiger partial charge in [-0.25, -0.2) is 0 Å². The van der Waals surface area contributed by atoms with Gasteiger partial charge in [-0.1, -0.05) is 0 Å². The first-order chi connectivity index (χ1) is 0. The van der Waals surface area contributed by atoms with E-state index < -0.39 is 0 Å². The minimum absolute atomic E-state index is 0. The Morgan fingerprint density at radius 3 is 1.00 bits per heavy atom. The molecule has 0 amide bonds. The summed E-state index contributed by atoms with van der Waals surface area (Å²) in [5.41, 5.74) is 0. The van der Waals surface area contributed by atoms with E-state index in [1.807, 2.05) is 0 Å². The monoisotopic (exact) mass is 315 g/mol. The van der Waals surface area contributed by atoms with Gasteiger partial charge in [-0.2, -0.15) is 0 Å². The largest absolute Gasteiger partial charge is 0 e. The molecule has 0 saturated heterocycles. The number of rotatable bonds is 0. The molecule has 0 aliphatic carbocycles. The Kier molecular flexibility index (Phi) is 251. The predicted molar refractivity (Wildman–Crippen MR) is 0 cm³/mol. The van der Waals surface area contributed by atoms with Crippen LogP contribution in [0.2, 0.25) is 0 Å². The summed E-state index contributed by atoms with van der Waals surface area (Å²) in [5, 5.41) is 0. The van der Waals surface area contributed by atoms with Crippen LogP contribution in [0.1, 0.15) is 0 Å². The fraction of sp³-hybridized carbons (Fsp3) is 0. The van der Waals surface area contributed by atoms with Crippen LogP contribution >= 0.6 is 0 Å². The Balaban J connectivity index is 0. The summed E-state index contributed by atoms with van der Waals surface area (Å²) in [4.78, 5) is 0. The van der Waals surface area contributed by atoms with Gasteiger partial charge in [0.1, 0.15) is 0 Å². The van der Waals surface area contributed by atoms with Crippen LogP contribution in [0.25, 0.3) is 0 Å². The van der Waals surface area contributed by atoms with Crippen LogP contribution in [0.15, 0.2) is 0 Å². The van der Waals surface area contributed by atoms with Gasteiger partial charge in [0.05, 0.1) is 0 Å². The van der Waals surface area contributed by atoms with E-state index in [9.17, 15) is 0 Å².